The van der Waals surface area contributed by atoms with E-state index < -0.39 is 40.6 Å². The molecule has 0 fully saturated rings. The van der Waals surface area contributed by atoms with Crippen LogP contribution in [0.1, 0.15) is 60.4 Å². The molecule has 4 radical (unpaired) electrons. The van der Waals surface area contributed by atoms with E-state index in [1.165, 1.54) is 6.07 Å². The number of hydrogen-bond acceptors (Lipinski definition) is 17. The maximum Gasteiger partial charge on any atom is 0.412 e. The summed E-state index contributed by atoms with van der Waals surface area (Å²) in [6, 6.07) is 56.2. The first-order valence-corrected chi connectivity index (χ1v) is 29.0. The Kier molecular flexibility index (Phi) is 30.9. The first kappa shape index (κ1) is 80.9. The van der Waals surface area contributed by atoms with Crippen molar-refractivity contribution in [3.8, 4) is 28.4 Å². The number of methoxy groups -OCH3 is 2. The monoisotopic (exact) mass is 1620 g/mol. The molecule has 98 heavy (non-hydrogen) atoms. The number of nitrogens with one attached hydrogen (secondary N) is 3. The van der Waals surface area contributed by atoms with E-state index in [1.807, 2.05) is 145 Å². The van der Waals surface area contributed by atoms with E-state index in [9.17, 15) is 38.7 Å². The molecule has 12 aromatic rings. The Morgan fingerprint density at radius 1 is 0.449 bits per heavy atom. The number of hydrogen-bond donors (Lipinski definition) is 5. The molecule has 0 saturated carbocycles. The van der Waals surface area contributed by atoms with Gasteiger partial charge < -0.3 is 52.8 Å². The summed E-state index contributed by atoms with van der Waals surface area (Å²) in [5.74, 6) is 0.779. The van der Waals surface area contributed by atoms with Crippen LogP contribution in [0.4, 0.5) is 32.3 Å². The van der Waals surface area contributed by atoms with Crippen LogP contribution in [0.25, 0.3) is 55.0 Å². The van der Waals surface area contributed by atoms with Gasteiger partial charge in [-0.25, -0.2) is 28.8 Å². The Labute approximate surface area is 663 Å². The molecular weight excluding hydrogens is 1560 g/mol. The molecule has 0 aliphatic carbocycles. The van der Waals surface area contributed by atoms with Crippen molar-refractivity contribution >= 4 is 84.7 Å². The second-order valence-electron chi connectivity index (χ2n) is 21.5. The predicted octanol–water partition coefficient (Wildman–Crippen LogP) is 14.2. The standard InChI is InChI=1S/C26H22NO5.C19H16NO4.C18H14NO5.C11H10NO2.4Y/c1-15-10-19-14-22(26(29)32-24(19)11-16(15)2)27-25(28)18-8-9-23(31-4)21(13-18)17-6-5-7-20(12-17)30-3;1-12-8-15-10-16(18(21)24-17(15)9-13(12)2)20-19(22)23-11-14-6-4-3-5-7-14;1-11-7-13-8-14(17(21)24-16(13)9-15(11)20)19-18(22)23-10-12-5-3-2-4-6-12;1-6-3-8-5-9(12)11(13)14-10(8)4-7(6)2;;;;/h5-10,12-14H,1-4H3,(H,27,28);3-8,10H,11H2,1-2H3,(H,20,22);2-8,20H,10H2,1H3,(H,19,22);3,5H,12H2,1-2H3;;;;/q4*-1;;;;. The minimum absolute atomic E-state index is 0. The number of nitrogens with two attached hydrogens (primary N) is 1. The topological polar surface area (TPSA) is 291 Å². The number of rotatable bonds is 11. The summed E-state index contributed by atoms with van der Waals surface area (Å²) in [4.78, 5) is 84.1. The minimum atomic E-state index is -0.759. The van der Waals surface area contributed by atoms with Crippen LogP contribution in [0.3, 0.4) is 0 Å². The molecule has 490 valence electrons. The van der Waals surface area contributed by atoms with Gasteiger partial charge in [0, 0.05) is 170 Å². The molecule has 0 aliphatic heterocycles. The molecular formula is C74H62N4O16Y4-4. The number of nitrogen functional groups attached to an aromatic ring is 1. The Balaban J connectivity index is 0.000000240. The summed E-state index contributed by atoms with van der Waals surface area (Å²) in [6.07, 6.45) is -1.47. The summed E-state index contributed by atoms with van der Waals surface area (Å²) in [5.41, 5.74) is 14.6. The van der Waals surface area contributed by atoms with Gasteiger partial charge in [0.05, 0.1) is 14.2 Å². The summed E-state index contributed by atoms with van der Waals surface area (Å²) in [6.45, 7) is 13.5. The molecule has 20 nitrogen and oxygen atoms in total. The molecule has 0 aliphatic rings. The van der Waals surface area contributed by atoms with Gasteiger partial charge in [0.25, 0.3) is 5.91 Å². The van der Waals surface area contributed by atoms with Gasteiger partial charge in [-0.15, -0.1) is 23.8 Å². The van der Waals surface area contributed by atoms with Crippen molar-refractivity contribution in [3.63, 3.8) is 0 Å². The number of ether oxygens (including phenoxy) is 4. The number of carbonyl (C=O) groups is 3. The molecule has 0 saturated heterocycles. The number of benzene rings is 8. The zero-order chi connectivity index (χ0) is 67.3. The SMILES string of the molecule is COc1cccc(-c2cc(C(=O)Nc3cc4cc(C)c(C)[c-]c4oc3=O)ccc2OC)c1.Cc1[c-]c2oc(=O)c(N)cc2cc1C.Cc1[c-]c2oc(=O)c(NC(=O)OCc3ccccc3)cc2cc1C.Cc1cc2cc(NC(=O)OCc3ccccc3)c(=O)oc2[c-]c1O.[Y].[Y].[Y].[Y]. The fourth-order valence-electron chi connectivity index (χ4n) is 9.18. The maximum absolute atomic E-state index is 13.0. The number of phenolic OH excluding ortho intramolecular Hbond substituents is 1. The fourth-order valence-corrected chi connectivity index (χ4v) is 9.18. The summed E-state index contributed by atoms with van der Waals surface area (Å²) in [7, 11) is 3.16. The molecule has 4 aromatic heterocycles. The second kappa shape index (κ2) is 37.4. The molecule has 6 N–H and O–H groups in total. The molecule has 0 spiro atoms. The molecule has 12 rings (SSSR count). The fraction of sp³-hybridized carbons (Fsp3) is 0.149. The second-order valence-corrected chi connectivity index (χ2v) is 21.5. The van der Waals surface area contributed by atoms with Gasteiger partial charge in [0.15, 0.2) is 0 Å². The number of amides is 3. The summed E-state index contributed by atoms with van der Waals surface area (Å²) < 4.78 is 41.6. The zero-order valence-electron chi connectivity index (χ0n) is 54.8. The van der Waals surface area contributed by atoms with Crippen LogP contribution in [0, 0.1) is 72.7 Å². The summed E-state index contributed by atoms with van der Waals surface area (Å²) in [5, 5.41) is 19.8. The van der Waals surface area contributed by atoms with E-state index in [4.69, 9.17) is 42.3 Å². The van der Waals surface area contributed by atoms with Crippen LogP contribution in [-0.4, -0.2) is 37.4 Å². The van der Waals surface area contributed by atoms with E-state index in [0.29, 0.717) is 55.5 Å². The average molecular weight is 1620 g/mol. The molecule has 0 unspecified atom stereocenters. The van der Waals surface area contributed by atoms with Crippen molar-refractivity contribution in [2.45, 2.75) is 61.7 Å². The van der Waals surface area contributed by atoms with E-state index >= 15 is 0 Å². The van der Waals surface area contributed by atoms with Gasteiger partial charge in [-0.1, -0.05) is 173 Å². The van der Waals surface area contributed by atoms with Gasteiger partial charge in [-0.2, -0.15) is 57.6 Å². The number of aromatic hydroxyl groups is 1. The van der Waals surface area contributed by atoms with Crippen LogP contribution in [0.15, 0.2) is 189 Å². The van der Waals surface area contributed by atoms with Crippen LogP contribution in [-0.2, 0) is 154 Å². The quantitative estimate of drug-likeness (QED) is 0.0594. The number of phenols is 1. The largest absolute Gasteiger partial charge is 0.534 e. The Morgan fingerprint density at radius 3 is 1.30 bits per heavy atom. The van der Waals surface area contributed by atoms with Crippen LogP contribution < -0.4 is 53.7 Å². The Bertz CT molecular complexity index is 4940. The van der Waals surface area contributed by atoms with Crippen LogP contribution in [0.2, 0.25) is 0 Å². The molecule has 4 heterocycles. The van der Waals surface area contributed by atoms with E-state index in [2.05, 4.69) is 40.2 Å². The number of carbonyl (C=O) groups excluding carboxylic acids is 3. The normalized spacial score (nSPS) is 10.2. The molecule has 0 atom stereocenters. The van der Waals surface area contributed by atoms with Crippen molar-refractivity contribution in [2.75, 3.05) is 35.9 Å². The molecule has 0 bridgehead atoms. The van der Waals surface area contributed by atoms with Crippen molar-refractivity contribution in [2.24, 2.45) is 0 Å². The van der Waals surface area contributed by atoms with Gasteiger partial charge in [0.1, 0.15) is 47.5 Å². The molecule has 3 amide bonds. The van der Waals surface area contributed by atoms with E-state index in [0.717, 1.165) is 61.0 Å². The van der Waals surface area contributed by atoms with E-state index in [-0.39, 0.29) is 178 Å². The van der Waals surface area contributed by atoms with Gasteiger partial charge in [-0.05, 0) is 47.0 Å². The maximum atomic E-state index is 13.0. The van der Waals surface area contributed by atoms with Gasteiger partial charge in [-0.3, -0.25) is 15.4 Å². The third-order valence-electron chi connectivity index (χ3n) is 14.7. The van der Waals surface area contributed by atoms with Crippen molar-refractivity contribution < 1.29 is 187 Å². The molecule has 24 heteroatoms. The number of anilines is 4. The average Bonchev–Trinajstić information content (AvgIpc) is 0.822. The zero-order valence-corrected chi connectivity index (χ0v) is 66.2. The summed E-state index contributed by atoms with van der Waals surface area (Å²) >= 11 is 0. The van der Waals surface area contributed by atoms with Crippen molar-refractivity contribution in [1.29, 1.82) is 0 Å². The first-order chi connectivity index (χ1) is 45.0. The van der Waals surface area contributed by atoms with Gasteiger partial charge >= 0.3 is 34.7 Å². The third-order valence-corrected chi connectivity index (χ3v) is 14.7. The Morgan fingerprint density at radius 2 is 0.857 bits per heavy atom. The minimum Gasteiger partial charge on any atom is -0.534 e. The molecule has 8 aromatic carbocycles. The number of fused-ring (bicyclic) bond motifs is 4. The van der Waals surface area contributed by atoms with Crippen LogP contribution in [0.5, 0.6) is 17.2 Å². The van der Waals surface area contributed by atoms with E-state index in [1.54, 1.807) is 63.6 Å². The Hall–Kier alpha value is -7.77. The first-order valence-electron chi connectivity index (χ1n) is 29.0. The number of aryl methyl sites for hydroxylation is 7. The van der Waals surface area contributed by atoms with Crippen molar-refractivity contribution in [3.05, 3.63) is 273 Å². The van der Waals surface area contributed by atoms with Gasteiger partial charge in [0.2, 0.25) is 0 Å². The predicted molar refractivity (Wildman–Crippen MR) is 358 cm³/mol. The third kappa shape index (κ3) is 21.4. The van der Waals surface area contributed by atoms with Crippen LogP contribution >= 0.6 is 0 Å². The van der Waals surface area contributed by atoms with Crippen molar-refractivity contribution in [1.82, 2.24) is 0 Å². The smallest absolute Gasteiger partial charge is 0.412 e.